The van der Waals surface area contributed by atoms with Crippen molar-refractivity contribution in [2.24, 2.45) is 0 Å². The largest absolute Gasteiger partial charge is 0.478 e. The third-order valence-corrected chi connectivity index (χ3v) is 8.95. The summed E-state index contributed by atoms with van der Waals surface area (Å²) in [6, 6.07) is 16.0. The number of aromatic carboxylic acids is 1. The van der Waals surface area contributed by atoms with Crippen molar-refractivity contribution in [3.05, 3.63) is 94.3 Å². The van der Waals surface area contributed by atoms with Crippen molar-refractivity contribution in [3.63, 3.8) is 0 Å². The molecule has 232 valence electrons. The minimum Gasteiger partial charge on any atom is -0.478 e. The molecule has 1 saturated carbocycles. The van der Waals surface area contributed by atoms with Crippen LogP contribution < -0.4 is 10.0 Å². The van der Waals surface area contributed by atoms with Crippen LogP contribution in [0.1, 0.15) is 69.0 Å². The monoisotopic (exact) mass is 622 g/mol. The molecule has 0 spiro atoms. The minimum absolute atomic E-state index is 0.217. The fourth-order valence-corrected chi connectivity index (χ4v) is 6.42. The van der Waals surface area contributed by atoms with Gasteiger partial charge < -0.3 is 19.6 Å². The second kappa shape index (κ2) is 13.7. The number of sulfonamides is 1. The van der Waals surface area contributed by atoms with E-state index in [-0.39, 0.29) is 29.7 Å². The molecule has 0 unspecified atom stereocenters. The third-order valence-electron chi connectivity index (χ3n) is 7.62. The number of carboxylic acid groups (broad SMARTS) is 1. The maximum atomic E-state index is 13.6. The quantitative estimate of drug-likeness (QED) is 0.146. The number of halogens is 1. The molecular formula is C33H35FN2O7S. The maximum absolute atomic E-state index is 13.6. The number of carbonyl (C=O) groups excluding carboxylic acids is 1. The van der Waals surface area contributed by atoms with Crippen LogP contribution in [0.2, 0.25) is 0 Å². The zero-order valence-corrected chi connectivity index (χ0v) is 25.2. The normalized spacial score (nSPS) is 13.3. The molecule has 1 heterocycles. The van der Waals surface area contributed by atoms with Crippen molar-refractivity contribution in [2.45, 2.75) is 43.8 Å². The predicted octanol–water partition coefficient (Wildman–Crippen LogP) is 5.63. The molecule has 3 aromatic carbocycles. The Morgan fingerprint density at radius 3 is 2.39 bits per heavy atom. The number of fused-ring (bicyclic) bond motifs is 1. The van der Waals surface area contributed by atoms with Gasteiger partial charge in [0.25, 0.3) is 5.91 Å². The van der Waals surface area contributed by atoms with Crippen LogP contribution in [0.4, 0.5) is 4.39 Å². The molecule has 0 radical (unpaired) electrons. The molecule has 1 aromatic heterocycles. The van der Waals surface area contributed by atoms with Gasteiger partial charge >= 0.3 is 5.97 Å². The molecule has 0 aliphatic heterocycles. The average Bonchev–Trinajstić information content (AvgIpc) is 3.78. The van der Waals surface area contributed by atoms with Crippen LogP contribution in [0, 0.1) is 5.82 Å². The third kappa shape index (κ3) is 7.71. The van der Waals surface area contributed by atoms with Gasteiger partial charge in [0.05, 0.1) is 16.9 Å². The van der Waals surface area contributed by atoms with Gasteiger partial charge in [-0.1, -0.05) is 12.1 Å². The SMILES string of the molecule is CNC(=O)c1c(-c2ccc(F)cc2)oc2cc(CS(=O)(=O)NCCCOCCCc3ccc(C(=O)O)cc3)c(C3CC3)cc12. The summed E-state index contributed by atoms with van der Waals surface area (Å²) in [4.78, 5) is 23.9. The Bertz CT molecular complexity index is 1750. The number of hydrogen-bond acceptors (Lipinski definition) is 6. The molecule has 1 amide bonds. The Balaban J connectivity index is 1.19. The van der Waals surface area contributed by atoms with Crippen LogP contribution in [0.25, 0.3) is 22.3 Å². The average molecular weight is 623 g/mol. The first-order valence-corrected chi connectivity index (χ1v) is 16.2. The lowest BCUT2D eigenvalue weighted by molar-refractivity contribution is 0.0696. The summed E-state index contributed by atoms with van der Waals surface area (Å²) in [5.74, 6) is -1.41. The fraction of sp³-hybridized carbons (Fsp3) is 0.333. The summed E-state index contributed by atoms with van der Waals surface area (Å²) in [6.07, 6.45) is 3.91. The summed E-state index contributed by atoms with van der Waals surface area (Å²) in [7, 11) is -2.14. The van der Waals surface area contributed by atoms with Crippen LogP contribution in [0.3, 0.4) is 0 Å². The van der Waals surface area contributed by atoms with Crippen LogP contribution >= 0.6 is 0 Å². The summed E-state index contributed by atoms with van der Waals surface area (Å²) in [5, 5.41) is 12.2. The molecular weight excluding hydrogens is 587 g/mol. The zero-order valence-electron chi connectivity index (χ0n) is 24.4. The Labute approximate surface area is 255 Å². The van der Waals surface area contributed by atoms with Gasteiger partial charge in [0, 0.05) is 37.8 Å². The number of rotatable bonds is 15. The smallest absolute Gasteiger partial charge is 0.335 e. The highest BCUT2D eigenvalue weighted by atomic mass is 32.2. The van der Waals surface area contributed by atoms with Gasteiger partial charge in [0.1, 0.15) is 17.2 Å². The number of benzene rings is 3. The van der Waals surface area contributed by atoms with E-state index in [0.717, 1.165) is 36.8 Å². The second-order valence-corrected chi connectivity index (χ2v) is 12.7. The number of carbonyl (C=O) groups is 2. The Kier molecular flexibility index (Phi) is 9.77. The van der Waals surface area contributed by atoms with Gasteiger partial charge in [-0.2, -0.15) is 0 Å². The van der Waals surface area contributed by atoms with Gasteiger partial charge in [-0.3, -0.25) is 4.79 Å². The number of amides is 1. The molecule has 1 aliphatic carbocycles. The van der Waals surface area contributed by atoms with Gasteiger partial charge in [-0.15, -0.1) is 0 Å². The van der Waals surface area contributed by atoms with Gasteiger partial charge in [-0.25, -0.2) is 22.3 Å². The molecule has 11 heteroatoms. The molecule has 0 saturated heterocycles. The Morgan fingerprint density at radius 2 is 1.73 bits per heavy atom. The van der Waals surface area contributed by atoms with Gasteiger partial charge in [0.2, 0.25) is 10.0 Å². The molecule has 4 aromatic rings. The van der Waals surface area contributed by atoms with Crippen molar-refractivity contribution in [1.82, 2.24) is 10.0 Å². The zero-order chi connectivity index (χ0) is 31.3. The summed E-state index contributed by atoms with van der Waals surface area (Å²) < 4.78 is 54.1. The molecule has 0 atom stereocenters. The topological polar surface area (TPSA) is 135 Å². The molecule has 9 nitrogen and oxygen atoms in total. The number of carboxylic acids is 1. The van der Waals surface area contributed by atoms with E-state index >= 15 is 0 Å². The van der Waals surface area contributed by atoms with Crippen LogP contribution in [-0.2, 0) is 26.9 Å². The molecule has 1 aliphatic rings. The number of hydrogen-bond donors (Lipinski definition) is 3. The van der Waals surface area contributed by atoms with Crippen LogP contribution in [0.15, 0.2) is 65.1 Å². The molecule has 5 rings (SSSR count). The first-order chi connectivity index (χ1) is 21.1. The van der Waals surface area contributed by atoms with Crippen LogP contribution in [0.5, 0.6) is 0 Å². The van der Waals surface area contributed by atoms with Crippen molar-refractivity contribution in [2.75, 3.05) is 26.8 Å². The van der Waals surface area contributed by atoms with E-state index in [1.54, 1.807) is 42.5 Å². The maximum Gasteiger partial charge on any atom is 0.335 e. The van der Waals surface area contributed by atoms with Crippen molar-refractivity contribution >= 4 is 32.9 Å². The van der Waals surface area contributed by atoms with E-state index in [2.05, 4.69) is 10.0 Å². The molecule has 3 N–H and O–H groups in total. The van der Waals surface area contributed by atoms with Gasteiger partial charge in [0.15, 0.2) is 0 Å². The standard InChI is InChI=1S/C33H35FN2O7S/c1-35-32(37)30-28-19-27(22-9-10-22)25(18-29(28)43-31(30)23-11-13-26(34)14-12-23)20-44(40,41)36-15-3-17-42-16-2-4-21-5-7-24(8-6-21)33(38)39/h5-8,11-14,18-19,22,36H,2-4,9-10,15-17,20H2,1H3,(H,35,37)(H,38,39). The summed E-state index contributed by atoms with van der Waals surface area (Å²) in [5.41, 5.74) is 4.07. The van der Waals surface area contributed by atoms with E-state index in [9.17, 15) is 22.4 Å². The van der Waals surface area contributed by atoms with Crippen molar-refractivity contribution < 1.29 is 36.7 Å². The number of furan rings is 1. The lowest BCUT2D eigenvalue weighted by Crippen LogP contribution is -2.27. The highest BCUT2D eigenvalue weighted by molar-refractivity contribution is 7.88. The van der Waals surface area contributed by atoms with Gasteiger partial charge in [-0.05, 0) is 103 Å². The first-order valence-electron chi connectivity index (χ1n) is 14.6. The fourth-order valence-electron chi connectivity index (χ4n) is 5.21. The highest BCUT2D eigenvalue weighted by Crippen LogP contribution is 2.45. The summed E-state index contributed by atoms with van der Waals surface area (Å²) in [6.45, 7) is 1.15. The molecule has 1 fully saturated rings. The van der Waals surface area contributed by atoms with Crippen molar-refractivity contribution in [1.29, 1.82) is 0 Å². The van der Waals surface area contributed by atoms with Crippen molar-refractivity contribution in [3.8, 4) is 11.3 Å². The number of ether oxygens (including phenoxy) is 1. The lowest BCUT2D eigenvalue weighted by atomic mass is 9.98. The van der Waals surface area contributed by atoms with E-state index < -0.39 is 21.8 Å². The highest BCUT2D eigenvalue weighted by Gasteiger charge is 2.30. The Morgan fingerprint density at radius 1 is 1.02 bits per heavy atom. The summed E-state index contributed by atoms with van der Waals surface area (Å²) >= 11 is 0. The Hall–Kier alpha value is -4.06. The van der Waals surface area contributed by atoms with E-state index in [4.69, 9.17) is 14.3 Å². The minimum atomic E-state index is -3.67. The van der Waals surface area contributed by atoms with E-state index in [1.165, 1.54) is 19.2 Å². The predicted molar refractivity (Wildman–Crippen MR) is 165 cm³/mol. The van der Waals surface area contributed by atoms with E-state index in [1.807, 2.05) is 6.07 Å². The first kappa shape index (κ1) is 31.4. The second-order valence-electron chi connectivity index (χ2n) is 10.9. The number of aryl methyl sites for hydroxylation is 1. The lowest BCUT2D eigenvalue weighted by Gasteiger charge is -2.12. The number of nitrogens with one attached hydrogen (secondary N) is 2. The van der Waals surface area contributed by atoms with E-state index in [0.29, 0.717) is 53.1 Å². The molecule has 0 bridgehead atoms. The molecule has 44 heavy (non-hydrogen) atoms. The van der Waals surface area contributed by atoms with Crippen LogP contribution in [-0.4, -0.2) is 52.2 Å².